The third kappa shape index (κ3) is 3.44. The number of anilines is 1. The summed E-state index contributed by atoms with van der Waals surface area (Å²) < 4.78 is 28.0. The van der Waals surface area contributed by atoms with E-state index in [4.69, 9.17) is 4.98 Å². The van der Waals surface area contributed by atoms with Gasteiger partial charge in [-0.2, -0.15) is 4.31 Å². The first-order valence-electron chi connectivity index (χ1n) is 9.07. The standard InChI is InChI=1S/C19H22N4O2S2/c1-14(19-21-16-7-3-4-8-17(16)26-19)22(2)18-10-9-15(13-20-18)27(24,25)23-11-5-6-12-23/h3-4,7-10,13-14H,5-6,11-12H2,1-2H3/p+1/t14-/m0/s1. The van der Waals surface area contributed by atoms with Crippen molar-refractivity contribution in [3.8, 4) is 0 Å². The molecule has 2 aromatic heterocycles. The van der Waals surface area contributed by atoms with Gasteiger partial charge in [0.05, 0.1) is 17.3 Å². The van der Waals surface area contributed by atoms with E-state index in [-0.39, 0.29) is 6.04 Å². The van der Waals surface area contributed by atoms with Crippen LogP contribution < -0.4 is 9.88 Å². The minimum Gasteiger partial charge on any atom is -0.255 e. The van der Waals surface area contributed by atoms with E-state index in [1.807, 2.05) is 31.3 Å². The number of hydrogen-bond donors (Lipinski definition) is 0. The number of aromatic nitrogens is 2. The van der Waals surface area contributed by atoms with Crippen LogP contribution in [0.15, 0.2) is 47.5 Å². The summed E-state index contributed by atoms with van der Waals surface area (Å²) in [5.74, 6) is 0.849. The minimum absolute atomic E-state index is 0.0692. The Balaban J connectivity index is 1.55. The third-order valence-electron chi connectivity index (χ3n) is 5.10. The molecule has 4 rings (SSSR count). The van der Waals surface area contributed by atoms with Gasteiger partial charge in [-0.3, -0.25) is 4.90 Å². The first kappa shape index (κ1) is 18.3. The van der Waals surface area contributed by atoms with E-state index in [0.717, 1.165) is 29.2 Å². The molecule has 0 unspecified atom stereocenters. The van der Waals surface area contributed by atoms with Gasteiger partial charge < -0.3 is 0 Å². The molecule has 1 aliphatic rings. The van der Waals surface area contributed by atoms with Crippen LogP contribution in [0.3, 0.4) is 0 Å². The van der Waals surface area contributed by atoms with Crippen molar-refractivity contribution in [3.05, 3.63) is 47.6 Å². The third-order valence-corrected chi connectivity index (χ3v) is 8.20. The average Bonchev–Trinajstić information content (AvgIpc) is 3.37. The van der Waals surface area contributed by atoms with E-state index in [0.29, 0.717) is 18.0 Å². The number of nitrogens with zero attached hydrogens (tertiary/aromatic N) is 3. The second-order valence-corrected chi connectivity index (χ2v) is 9.83. The number of nitrogens with one attached hydrogen (secondary N) is 1. The van der Waals surface area contributed by atoms with Gasteiger partial charge in [-0.25, -0.2) is 18.4 Å². The number of benzene rings is 1. The Labute approximate surface area is 163 Å². The van der Waals surface area contributed by atoms with Crippen molar-refractivity contribution in [3.63, 3.8) is 0 Å². The van der Waals surface area contributed by atoms with Crippen LogP contribution in [-0.4, -0.2) is 37.8 Å². The number of para-hydroxylation sites is 1. The van der Waals surface area contributed by atoms with E-state index in [9.17, 15) is 8.42 Å². The Morgan fingerprint density at radius 1 is 1.19 bits per heavy atom. The van der Waals surface area contributed by atoms with Crippen LogP contribution in [0.1, 0.15) is 30.8 Å². The molecule has 0 aliphatic carbocycles. The van der Waals surface area contributed by atoms with Gasteiger partial charge in [0.25, 0.3) is 5.82 Å². The van der Waals surface area contributed by atoms with E-state index in [1.165, 1.54) is 4.70 Å². The number of rotatable bonds is 5. The summed E-state index contributed by atoms with van der Waals surface area (Å²) in [5, 5.41) is 1.03. The molecule has 3 aromatic rings. The molecule has 6 nitrogen and oxygen atoms in total. The molecule has 8 heteroatoms. The van der Waals surface area contributed by atoms with Crippen LogP contribution in [0.5, 0.6) is 0 Å². The summed E-state index contributed by atoms with van der Waals surface area (Å²) in [6, 6.07) is 11.7. The van der Waals surface area contributed by atoms with Gasteiger partial charge in [-0.05, 0) is 38.0 Å². The summed E-state index contributed by atoms with van der Waals surface area (Å²) in [5.41, 5.74) is 1.01. The van der Waals surface area contributed by atoms with Crippen molar-refractivity contribution in [2.45, 2.75) is 30.7 Å². The Bertz CT molecular complexity index is 1010. The molecule has 0 saturated carbocycles. The van der Waals surface area contributed by atoms with Gasteiger partial charge in [0.2, 0.25) is 10.0 Å². The fourth-order valence-electron chi connectivity index (χ4n) is 3.30. The van der Waals surface area contributed by atoms with Crippen LogP contribution in [0, 0.1) is 0 Å². The number of pyridine rings is 1. The van der Waals surface area contributed by atoms with Gasteiger partial charge in [-0.15, -0.1) is 11.3 Å². The molecule has 0 amide bonds. The van der Waals surface area contributed by atoms with Gasteiger partial charge in [0, 0.05) is 19.2 Å². The monoisotopic (exact) mass is 403 g/mol. The topological polar surface area (TPSA) is 67.7 Å². The van der Waals surface area contributed by atoms with Gasteiger partial charge >= 0.3 is 0 Å². The normalized spacial score (nSPS) is 16.7. The highest BCUT2D eigenvalue weighted by molar-refractivity contribution is 7.89. The zero-order valence-corrected chi connectivity index (χ0v) is 17.1. The smallest absolute Gasteiger partial charge is 0.255 e. The Hall–Kier alpha value is -2.03. The maximum Gasteiger partial charge on any atom is 0.274 e. The van der Waals surface area contributed by atoms with Crippen molar-refractivity contribution in [2.24, 2.45) is 0 Å². The molecule has 0 spiro atoms. The number of fused-ring (bicyclic) bond motifs is 1. The van der Waals surface area contributed by atoms with Crippen LogP contribution >= 0.6 is 11.3 Å². The number of hydrogen-bond acceptors (Lipinski definition) is 5. The highest BCUT2D eigenvalue weighted by Gasteiger charge is 2.29. The fourth-order valence-corrected chi connectivity index (χ4v) is 5.85. The first-order valence-corrected chi connectivity index (χ1v) is 11.3. The summed E-state index contributed by atoms with van der Waals surface area (Å²) in [7, 11) is -1.41. The second kappa shape index (κ2) is 7.18. The molecule has 1 aliphatic heterocycles. The Kier molecular flexibility index (Phi) is 4.88. The number of sulfonamides is 1. The van der Waals surface area contributed by atoms with Gasteiger partial charge in [0.15, 0.2) is 0 Å². The lowest BCUT2D eigenvalue weighted by atomic mass is 10.3. The number of aromatic amines is 1. The lowest BCUT2D eigenvalue weighted by Gasteiger charge is -2.18. The molecule has 3 heterocycles. The molecule has 1 N–H and O–H groups in total. The lowest BCUT2D eigenvalue weighted by Crippen LogP contribution is -2.31. The summed E-state index contributed by atoms with van der Waals surface area (Å²) in [4.78, 5) is 10.3. The zero-order chi connectivity index (χ0) is 19.0. The molecule has 1 fully saturated rings. The van der Waals surface area contributed by atoms with Crippen LogP contribution in [0.25, 0.3) is 10.2 Å². The molecular formula is C19H23N4O2S2+. The molecule has 0 radical (unpaired) electrons. The summed E-state index contributed by atoms with van der Waals surface area (Å²) >= 11 is 1.68. The predicted molar refractivity (Wildman–Crippen MR) is 107 cm³/mol. The maximum atomic E-state index is 12.7. The van der Waals surface area contributed by atoms with Gasteiger partial charge in [0.1, 0.15) is 22.1 Å². The summed E-state index contributed by atoms with van der Waals surface area (Å²) in [6.45, 7) is 3.32. The van der Waals surface area contributed by atoms with Crippen molar-refractivity contribution in [1.82, 2.24) is 9.29 Å². The molecule has 142 valence electrons. The summed E-state index contributed by atoms with van der Waals surface area (Å²) in [6.07, 6.45) is 3.46. The van der Waals surface area contributed by atoms with E-state index >= 15 is 0 Å². The Morgan fingerprint density at radius 3 is 2.59 bits per heavy atom. The maximum absolute atomic E-state index is 12.7. The zero-order valence-electron chi connectivity index (χ0n) is 15.4. The Morgan fingerprint density at radius 2 is 1.93 bits per heavy atom. The van der Waals surface area contributed by atoms with E-state index < -0.39 is 10.0 Å². The molecule has 1 aromatic carbocycles. The van der Waals surface area contributed by atoms with Gasteiger partial charge in [-0.1, -0.05) is 12.1 Å². The highest BCUT2D eigenvalue weighted by atomic mass is 32.2. The molecule has 0 bridgehead atoms. The highest BCUT2D eigenvalue weighted by Crippen LogP contribution is 2.30. The largest absolute Gasteiger partial charge is 0.274 e. The lowest BCUT2D eigenvalue weighted by molar-refractivity contribution is -0.367. The van der Waals surface area contributed by atoms with Crippen LogP contribution in [-0.2, 0) is 10.0 Å². The predicted octanol–water partition coefficient (Wildman–Crippen LogP) is 3.09. The van der Waals surface area contributed by atoms with E-state index in [2.05, 4.69) is 22.9 Å². The van der Waals surface area contributed by atoms with Crippen LogP contribution in [0.4, 0.5) is 5.82 Å². The second-order valence-electron chi connectivity index (χ2n) is 6.83. The molecular weight excluding hydrogens is 380 g/mol. The number of thiazole rings is 1. The van der Waals surface area contributed by atoms with Crippen molar-refractivity contribution in [2.75, 3.05) is 25.0 Å². The molecule has 27 heavy (non-hydrogen) atoms. The quantitative estimate of drug-likeness (QED) is 0.657. The van der Waals surface area contributed by atoms with Crippen molar-refractivity contribution in [1.29, 1.82) is 0 Å². The number of H-pyrrole nitrogens is 1. The first-order chi connectivity index (χ1) is 13.0. The molecule has 1 saturated heterocycles. The van der Waals surface area contributed by atoms with Crippen molar-refractivity contribution >= 4 is 37.4 Å². The molecule has 1 atom stereocenters. The van der Waals surface area contributed by atoms with Crippen molar-refractivity contribution < 1.29 is 13.4 Å². The minimum atomic E-state index is -3.40. The van der Waals surface area contributed by atoms with E-state index in [1.54, 1.807) is 27.9 Å². The SMILES string of the molecule is C[C@@H](c1nc2ccccc2s1)N(C)c1ccc(S(=O)(=O)N2CCCC2)c[nH+]1. The fraction of sp³-hybridized carbons (Fsp3) is 0.368. The average molecular weight is 404 g/mol. The van der Waals surface area contributed by atoms with Crippen LogP contribution in [0.2, 0.25) is 0 Å².